The molecule has 2 N–H and O–H groups in total. The minimum atomic E-state index is -0.693. The highest BCUT2D eigenvalue weighted by molar-refractivity contribution is 5.64. The van der Waals surface area contributed by atoms with E-state index in [0.717, 1.165) is 28.1 Å². The van der Waals surface area contributed by atoms with Crippen LogP contribution in [-0.4, -0.2) is 27.2 Å². The summed E-state index contributed by atoms with van der Waals surface area (Å²) >= 11 is 0. The summed E-state index contributed by atoms with van der Waals surface area (Å²) < 4.78 is 10.6. The van der Waals surface area contributed by atoms with Crippen molar-refractivity contribution >= 4 is 0 Å². The largest absolute Gasteiger partial charge is 0.495 e. The quantitative estimate of drug-likeness (QED) is 0.399. The molecule has 4 rings (SSSR count). The summed E-state index contributed by atoms with van der Waals surface area (Å²) in [7, 11) is 1.65. The summed E-state index contributed by atoms with van der Waals surface area (Å²) in [5.41, 5.74) is 10.1. The molecule has 0 aliphatic carbocycles. The molecule has 3 aromatic heterocycles. The van der Waals surface area contributed by atoms with Gasteiger partial charge >= 0.3 is 0 Å². The van der Waals surface area contributed by atoms with Crippen LogP contribution in [0.5, 0.6) is 5.75 Å². The molecule has 0 fully saturated rings. The Morgan fingerprint density at radius 2 is 1.62 bits per heavy atom. The molecule has 34 heavy (non-hydrogen) atoms. The molecule has 1 atom stereocenters. The minimum absolute atomic E-state index is 0.286. The van der Waals surface area contributed by atoms with Gasteiger partial charge in [-0.1, -0.05) is 43.3 Å². The molecular weight excluding hydrogens is 426 g/mol. The van der Waals surface area contributed by atoms with Gasteiger partial charge in [0.2, 0.25) is 11.7 Å². The Morgan fingerprint density at radius 1 is 0.912 bits per heavy atom. The van der Waals surface area contributed by atoms with E-state index in [1.165, 1.54) is 5.56 Å². The van der Waals surface area contributed by atoms with Crippen LogP contribution in [0.4, 0.5) is 0 Å². The number of nitrogens with two attached hydrogens (primary N) is 1. The maximum atomic E-state index is 6.07. The molecule has 0 radical (unpaired) electrons. The van der Waals surface area contributed by atoms with Crippen molar-refractivity contribution < 1.29 is 9.26 Å². The fourth-order valence-corrected chi connectivity index (χ4v) is 3.91. The van der Waals surface area contributed by atoms with Crippen molar-refractivity contribution in [3.8, 4) is 28.3 Å². The first-order valence-electron chi connectivity index (χ1n) is 11.3. The van der Waals surface area contributed by atoms with Crippen molar-refractivity contribution in [1.82, 2.24) is 20.1 Å². The Morgan fingerprint density at radius 3 is 2.18 bits per heavy atom. The number of hydrogen-bond donors (Lipinski definition) is 1. The molecule has 0 aliphatic rings. The minimum Gasteiger partial charge on any atom is -0.495 e. The van der Waals surface area contributed by atoms with Gasteiger partial charge in [0.1, 0.15) is 5.75 Å². The summed E-state index contributed by atoms with van der Waals surface area (Å²) in [5.74, 6) is 1.92. The SMILES string of the molecule is COc1cncc(-c2ccc(C(C)(c3ccc(-c4noc(C(C)(C)N)n4)cn3)C(C)C)cc2)c1. The Hall–Kier alpha value is -3.58. The monoisotopic (exact) mass is 457 g/mol. The lowest BCUT2D eigenvalue weighted by molar-refractivity contribution is 0.312. The molecule has 1 aromatic carbocycles. The van der Waals surface area contributed by atoms with Crippen LogP contribution in [0.2, 0.25) is 0 Å². The Labute approximate surface area is 200 Å². The van der Waals surface area contributed by atoms with E-state index in [4.69, 9.17) is 20.0 Å². The molecule has 3 heterocycles. The highest BCUT2D eigenvalue weighted by Gasteiger charge is 2.34. The first-order chi connectivity index (χ1) is 16.1. The lowest BCUT2D eigenvalue weighted by atomic mass is 9.70. The first-order valence-corrected chi connectivity index (χ1v) is 11.3. The van der Waals surface area contributed by atoms with Crippen LogP contribution in [0, 0.1) is 5.92 Å². The van der Waals surface area contributed by atoms with Gasteiger partial charge < -0.3 is 15.0 Å². The third-order valence-corrected chi connectivity index (χ3v) is 6.45. The van der Waals surface area contributed by atoms with Crippen molar-refractivity contribution in [2.75, 3.05) is 7.11 Å². The highest BCUT2D eigenvalue weighted by atomic mass is 16.5. The highest BCUT2D eigenvalue weighted by Crippen LogP contribution is 2.39. The Bertz CT molecular complexity index is 1260. The summed E-state index contributed by atoms with van der Waals surface area (Å²) in [4.78, 5) is 13.5. The second-order valence-corrected chi connectivity index (χ2v) is 9.62. The lowest BCUT2D eigenvalue weighted by Crippen LogP contribution is -2.31. The number of aromatic nitrogens is 4. The van der Waals surface area contributed by atoms with Crippen LogP contribution < -0.4 is 10.5 Å². The molecule has 0 saturated heterocycles. The zero-order chi connectivity index (χ0) is 24.5. The number of nitrogens with zero attached hydrogens (tertiary/aromatic N) is 4. The number of ether oxygens (including phenoxy) is 1. The Balaban J connectivity index is 1.65. The van der Waals surface area contributed by atoms with Gasteiger partial charge in [0, 0.05) is 28.9 Å². The van der Waals surface area contributed by atoms with Crippen LogP contribution >= 0.6 is 0 Å². The number of methoxy groups -OCH3 is 1. The van der Waals surface area contributed by atoms with E-state index in [-0.39, 0.29) is 5.41 Å². The van der Waals surface area contributed by atoms with Crippen molar-refractivity contribution in [1.29, 1.82) is 0 Å². The van der Waals surface area contributed by atoms with Gasteiger partial charge in [-0.25, -0.2) is 0 Å². The topological polar surface area (TPSA) is 100.0 Å². The average Bonchev–Trinajstić information content (AvgIpc) is 3.35. The maximum Gasteiger partial charge on any atom is 0.246 e. The van der Waals surface area contributed by atoms with Crippen molar-refractivity contribution in [3.63, 3.8) is 0 Å². The fourth-order valence-electron chi connectivity index (χ4n) is 3.91. The van der Waals surface area contributed by atoms with E-state index in [1.54, 1.807) is 19.5 Å². The van der Waals surface area contributed by atoms with Crippen LogP contribution in [0.25, 0.3) is 22.5 Å². The number of pyridine rings is 2. The molecule has 0 spiro atoms. The molecule has 0 bridgehead atoms. The molecule has 0 amide bonds. The zero-order valence-electron chi connectivity index (χ0n) is 20.5. The average molecular weight is 458 g/mol. The van der Waals surface area contributed by atoms with E-state index in [2.05, 4.69) is 60.2 Å². The van der Waals surface area contributed by atoms with Gasteiger partial charge in [0.15, 0.2) is 0 Å². The number of hydrogen-bond acceptors (Lipinski definition) is 7. The zero-order valence-corrected chi connectivity index (χ0v) is 20.5. The van der Waals surface area contributed by atoms with E-state index in [9.17, 15) is 0 Å². The van der Waals surface area contributed by atoms with Crippen LogP contribution in [-0.2, 0) is 11.0 Å². The third kappa shape index (κ3) is 4.43. The standard InChI is InChI=1S/C27H31N5O2/c1-17(2)27(5,21-10-7-18(8-11-21)20-13-22(33-6)16-29-14-20)23-12-9-19(15-30-23)24-31-25(34-32-24)26(3,4)28/h7-17H,28H2,1-6H3. The normalized spacial score (nSPS) is 13.6. The molecule has 0 aliphatic heterocycles. The second kappa shape index (κ2) is 8.99. The van der Waals surface area contributed by atoms with Gasteiger partial charge in [0.05, 0.1) is 24.5 Å². The summed E-state index contributed by atoms with van der Waals surface area (Å²) in [6.45, 7) is 10.3. The molecule has 176 valence electrons. The predicted octanol–water partition coefficient (Wildman–Crippen LogP) is 5.36. The van der Waals surface area contributed by atoms with E-state index < -0.39 is 5.54 Å². The first kappa shape index (κ1) is 23.6. The second-order valence-electron chi connectivity index (χ2n) is 9.62. The maximum absolute atomic E-state index is 6.07. The summed E-state index contributed by atoms with van der Waals surface area (Å²) in [6.07, 6.45) is 5.34. The van der Waals surface area contributed by atoms with E-state index in [0.29, 0.717) is 17.6 Å². The fraction of sp³-hybridized carbons (Fsp3) is 0.333. The van der Waals surface area contributed by atoms with Gasteiger partial charge in [-0.3, -0.25) is 9.97 Å². The third-order valence-electron chi connectivity index (χ3n) is 6.45. The molecule has 1 unspecified atom stereocenters. The van der Waals surface area contributed by atoms with Gasteiger partial charge in [0.25, 0.3) is 0 Å². The van der Waals surface area contributed by atoms with Crippen molar-refractivity contribution in [2.45, 2.75) is 45.6 Å². The molecule has 7 heteroatoms. The predicted molar refractivity (Wildman–Crippen MR) is 132 cm³/mol. The number of rotatable bonds is 7. The lowest BCUT2D eigenvalue weighted by Gasteiger charge is -2.34. The van der Waals surface area contributed by atoms with Crippen LogP contribution in [0.1, 0.15) is 51.8 Å². The molecule has 7 nitrogen and oxygen atoms in total. The summed E-state index contributed by atoms with van der Waals surface area (Å²) in [5, 5.41) is 4.07. The Kier molecular flexibility index (Phi) is 6.23. The van der Waals surface area contributed by atoms with E-state index in [1.807, 2.05) is 38.2 Å². The van der Waals surface area contributed by atoms with Crippen molar-refractivity contribution in [3.05, 3.63) is 78.2 Å². The van der Waals surface area contributed by atoms with E-state index >= 15 is 0 Å². The molecular formula is C27H31N5O2. The van der Waals surface area contributed by atoms with Crippen LogP contribution in [0.15, 0.2) is 65.6 Å². The molecule has 0 saturated carbocycles. The molecule has 4 aromatic rings. The van der Waals surface area contributed by atoms with Gasteiger partial charge in [-0.2, -0.15) is 4.98 Å². The summed E-state index contributed by atoms with van der Waals surface area (Å²) in [6, 6.07) is 14.6. The van der Waals surface area contributed by atoms with Gasteiger partial charge in [-0.05, 0) is 56.0 Å². The van der Waals surface area contributed by atoms with Gasteiger partial charge in [-0.15, -0.1) is 0 Å². The van der Waals surface area contributed by atoms with Crippen LogP contribution in [0.3, 0.4) is 0 Å². The van der Waals surface area contributed by atoms with Crippen molar-refractivity contribution in [2.24, 2.45) is 11.7 Å². The smallest absolute Gasteiger partial charge is 0.246 e. The number of benzene rings is 1.